The Hall–Kier alpha value is -1.73. The van der Waals surface area contributed by atoms with Crippen molar-refractivity contribution in [2.75, 3.05) is 19.1 Å². The minimum Gasteiger partial charge on any atom is -0.497 e. The average Bonchev–Trinajstić information content (AvgIpc) is 2.72. The molecule has 1 aliphatic heterocycles. The molecule has 1 aliphatic rings. The van der Waals surface area contributed by atoms with E-state index < -0.39 is 30.0 Å². The van der Waals surface area contributed by atoms with Crippen LogP contribution in [-0.4, -0.2) is 44.2 Å². The van der Waals surface area contributed by atoms with E-state index in [1.807, 2.05) is 60.6 Å². The van der Waals surface area contributed by atoms with Crippen LogP contribution in [0.1, 0.15) is 48.5 Å². The molecule has 0 radical (unpaired) electrons. The van der Waals surface area contributed by atoms with Gasteiger partial charge in [0.1, 0.15) is 11.4 Å². The third-order valence-electron chi connectivity index (χ3n) is 4.78. The number of carbonyl (C=O) groups is 1. The van der Waals surface area contributed by atoms with Gasteiger partial charge in [-0.15, -0.1) is 0 Å². The van der Waals surface area contributed by atoms with Crippen LogP contribution in [0.5, 0.6) is 5.75 Å². The van der Waals surface area contributed by atoms with Crippen LogP contribution in [0.15, 0.2) is 18.2 Å². The zero-order valence-electron chi connectivity index (χ0n) is 17.3. The lowest BCUT2D eigenvalue weighted by Crippen LogP contribution is -2.41. The average molecular weight is 363 g/mol. The Kier molecular flexibility index (Phi) is 5.37. The fourth-order valence-electron chi connectivity index (χ4n) is 2.51. The van der Waals surface area contributed by atoms with Crippen molar-refractivity contribution in [1.82, 2.24) is 0 Å². The van der Waals surface area contributed by atoms with Gasteiger partial charge in [-0.25, -0.2) is 4.79 Å². The summed E-state index contributed by atoms with van der Waals surface area (Å²) in [7, 11) is 2.72. The molecule has 1 aromatic carbocycles. The molecular weight excluding hydrogens is 333 g/mol. The Balaban J connectivity index is 2.27. The number of methoxy groups -OCH3 is 1. The number of anilines is 1. The van der Waals surface area contributed by atoms with Crippen LogP contribution in [0, 0.1) is 0 Å². The Morgan fingerprint density at radius 2 is 1.65 bits per heavy atom. The van der Waals surface area contributed by atoms with Gasteiger partial charge < -0.3 is 18.8 Å². The van der Waals surface area contributed by atoms with E-state index in [0.29, 0.717) is 11.4 Å². The van der Waals surface area contributed by atoms with Crippen LogP contribution in [0.3, 0.4) is 0 Å². The molecule has 1 saturated heterocycles. The minimum atomic E-state index is -0.557. The monoisotopic (exact) mass is 363 g/mol. The maximum atomic E-state index is 12.3. The van der Waals surface area contributed by atoms with Crippen molar-refractivity contribution in [2.24, 2.45) is 0 Å². The number of rotatable bonds is 3. The summed E-state index contributed by atoms with van der Waals surface area (Å²) in [5, 5.41) is 0. The largest absolute Gasteiger partial charge is 0.498 e. The van der Waals surface area contributed by atoms with E-state index >= 15 is 0 Å². The maximum absolute atomic E-state index is 12.3. The van der Waals surface area contributed by atoms with E-state index in [9.17, 15) is 4.79 Å². The molecule has 0 aromatic heterocycles. The van der Waals surface area contributed by atoms with Crippen molar-refractivity contribution >= 4 is 24.4 Å². The summed E-state index contributed by atoms with van der Waals surface area (Å²) >= 11 is 0. The minimum absolute atomic E-state index is 0.428. The van der Waals surface area contributed by atoms with Gasteiger partial charge in [0, 0.05) is 18.6 Å². The molecule has 0 unspecified atom stereocenters. The second-order valence-corrected chi connectivity index (χ2v) is 8.55. The van der Waals surface area contributed by atoms with Gasteiger partial charge in [-0.1, -0.05) is 6.07 Å². The van der Waals surface area contributed by atoms with Crippen molar-refractivity contribution in [3.8, 4) is 5.75 Å². The van der Waals surface area contributed by atoms with E-state index in [1.54, 1.807) is 20.2 Å². The van der Waals surface area contributed by atoms with E-state index in [0.717, 1.165) is 5.46 Å². The van der Waals surface area contributed by atoms with Gasteiger partial charge in [0.15, 0.2) is 0 Å². The molecule has 1 heterocycles. The van der Waals surface area contributed by atoms with E-state index in [2.05, 4.69) is 0 Å². The quantitative estimate of drug-likeness (QED) is 0.771. The smallest absolute Gasteiger partial charge is 0.497 e. The number of hydrogen-bond acceptors (Lipinski definition) is 5. The first kappa shape index (κ1) is 20.6. The van der Waals surface area contributed by atoms with Gasteiger partial charge in [-0.05, 0) is 54.5 Å². The Morgan fingerprint density at radius 1 is 1.12 bits per heavy atom. The number of carbonyl (C=O) groups excluding carboxylic acids is 1. The van der Waals surface area contributed by atoms with Crippen LogP contribution in [0.25, 0.3) is 0 Å². The summed E-state index contributed by atoms with van der Waals surface area (Å²) in [6.45, 7) is 13.5. The molecule has 0 aliphatic carbocycles. The number of ether oxygens (including phenoxy) is 2. The number of hydrogen-bond donors (Lipinski definition) is 0. The topological polar surface area (TPSA) is 57.2 Å². The van der Waals surface area contributed by atoms with Crippen molar-refractivity contribution in [3.05, 3.63) is 18.2 Å². The maximum Gasteiger partial charge on any atom is 0.498 e. The summed E-state index contributed by atoms with van der Waals surface area (Å²) in [4.78, 5) is 13.7. The third kappa shape index (κ3) is 4.15. The molecule has 26 heavy (non-hydrogen) atoms. The lowest BCUT2D eigenvalue weighted by molar-refractivity contribution is 0.00578. The summed E-state index contributed by atoms with van der Waals surface area (Å²) < 4.78 is 23.1. The van der Waals surface area contributed by atoms with E-state index in [1.165, 1.54) is 4.90 Å². The van der Waals surface area contributed by atoms with Gasteiger partial charge in [0.05, 0.1) is 24.0 Å². The summed E-state index contributed by atoms with van der Waals surface area (Å²) in [6.07, 6.45) is -0.428. The van der Waals surface area contributed by atoms with Crippen LogP contribution >= 0.6 is 0 Å². The summed E-state index contributed by atoms with van der Waals surface area (Å²) in [5.41, 5.74) is 0.0188. The second-order valence-electron chi connectivity index (χ2n) is 8.55. The molecule has 0 atom stereocenters. The molecule has 1 amide bonds. The molecule has 0 spiro atoms. The lowest BCUT2D eigenvalue weighted by Gasteiger charge is -2.32. The normalized spacial score (nSPS) is 18.6. The molecule has 144 valence electrons. The fourth-order valence-corrected chi connectivity index (χ4v) is 2.51. The van der Waals surface area contributed by atoms with Gasteiger partial charge in [0.2, 0.25) is 0 Å². The predicted molar refractivity (Wildman–Crippen MR) is 103 cm³/mol. The molecule has 1 fully saturated rings. The van der Waals surface area contributed by atoms with Gasteiger partial charge in [-0.2, -0.15) is 0 Å². The molecule has 6 nitrogen and oxygen atoms in total. The van der Waals surface area contributed by atoms with Crippen molar-refractivity contribution in [3.63, 3.8) is 0 Å². The van der Waals surface area contributed by atoms with Crippen LogP contribution < -0.4 is 15.1 Å². The van der Waals surface area contributed by atoms with Crippen molar-refractivity contribution in [1.29, 1.82) is 0 Å². The summed E-state index contributed by atoms with van der Waals surface area (Å²) in [5.74, 6) is 0.594. The second kappa shape index (κ2) is 6.78. The van der Waals surface area contributed by atoms with Crippen molar-refractivity contribution < 1.29 is 23.6 Å². The lowest BCUT2D eigenvalue weighted by atomic mass is 9.78. The Labute approximate surface area is 156 Å². The Bertz CT molecular complexity index is 665. The third-order valence-corrected chi connectivity index (χ3v) is 4.78. The highest BCUT2D eigenvalue weighted by Crippen LogP contribution is 2.37. The van der Waals surface area contributed by atoms with Crippen LogP contribution in [0.4, 0.5) is 10.5 Å². The Morgan fingerprint density at radius 3 is 2.12 bits per heavy atom. The zero-order valence-corrected chi connectivity index (χ0v) is 17.3. The number of benzene rings is 1. The van der Waals surface area contributed by atoms with E-state index in [4.69, 9.17) is 18.8 Å². The predicted octanol–water partition coefficient (Wildman–Crippen LogP) is 3.37. The molecule has 2 rings (SSSR count). The first-order valence-electron chi connectivity index (χ1n) is 8.78. The highest BCUT2D eigenvalue weighted by molar-refractivity contribution is 6.63. The highest BCUT2D eigenvalue weighted by atomic mass is 16.7. The molecule has 7 heteroatoms. The van der Waals surface area contributed by atoms with Gasteiger partial charge >= 0.3 is 13.2 Å². The molecule has 0 bridgehead atoms. The molecule has 0 saturated carbocycles. The van der Waals surface area contributed by atoms with Crippen LogP contribution in [-0.2, 0) is 14.0 Å². The molecular formula is C19H30BNO5. The van der Waals surface area contributed by atoms with Gasteiger partial charge in [0.25, 0.3) is 0 Å². The molecule has 1 aromatic rings. The summed E-state index contributed by atoms with van der Waals surface area (Å²) in [6, 6.07) is 5.47. The highest BCUT2D eigenvalue weighted by Gasteiger charge is 2.52. The van der Waals surface area contributed by atoms with Crippen molar-refractivity contribution in [2.45, 2.75) is 65.3 Å². The SMILES string of the molecule is COc1cc(N(C)C(=O)OC(C)(C)C)ccc1B1OC(C)(C)C(C)(C)O1. The van der Waals surface area contributed by atoms with Crippen LogP contribution in [0.2, 0.25) is 0 Å². The number of nitrogens with zero attached hydrogens (tertiary/aromatic N) is 1. The first-order chi connectivity index (χ1) is 11.8. The van der Waals surface area contributed by atoms with Gasteiger partial charge in [-0.3, -0.25) is 4.90 Å². The fraction of sp³-hybridized carbons (Fsp3) is 0.632. The molecule has 0 N–H and O–H groups in total. The number of amides is 1. The van der Waals surface area contributed by atoms with E-state index in [-0.39, 0.29) is 0 Å². The standard InChI is InChI=1S/C19H30BNO5/c1-17(2,3)24-16(22)21(8)13-10-11-14(15(12-13)23-9)20-25-18(4,5)19(6,7)26-20/h10-12H,1-9H3. The first-order valence-corrected chi connectivity index (χ1v) is 8.78. The zero-order chi connectivity index (χ0) is 19.9.